The number of benzene rings is 1. The molecule has 0 bridgehead atoms. The van der Waals surface area contributed by atoms with Gasteiger partial charge in [-0.15, -0.1) is 11.3 Å². The molecule has 0 radical (unpaired) electrons. The van der Waals surface area contributed by atoms with Crippen LogP contribution in [0.4, 0.5) is 5.69 Å². The Balaban J connectivity index is 2.04. The molecule has 18 heavy (non-hydrogen) atoms. The fourth-order valence-corrected chi connectivity index (χ4v) is 2.92. The lowest BCUT2D eigenvalue weighted by atomic mass is 10.0. The van der Waals surface area contributed by atoms with Crippen LogP contribution in [0.25, 0.3) is 21.6 Å². The van der Waals surface area contributed by atoms with Crippen LogP contribution < -0.4 is 5.73 Å². The van der Waals surface area contributed by atoms with Gasteiger partial charge in [-0.1, -0.05) is 23.7 Å². The molecule has 0 saturated carbocycles. The minimum absolute atomic E-state index is 0.743. The maximum atomic E-state index is 6.10. The highest BCUT2D eigenvalue weighted by molar-refractivity contribution is 7.19. The third kappa shape index (κ3) is 2.00. The van der Waals surface area contributed by atoms with E-state index in [1.54, 1.807) is 6.20 Å². The molecule has 3 nitrogen and oxygen atoms in total. The van der Waals surface area contributed by atoms with Crippen LogP contribution in [-0.4, -0.2) is 10.2 Å². The summed E-state index contributed by atoms with van der Waals surface area (Å²) in [5, 5.41) is 6.72. The van der Waals surface area contributed by atoms with E-state index >= 15 is 0 Å². The van der Waals surface area contributed by atoms with Crippen LogP contribution in [0.2, 0.25) is 4.34 Å². The van der Waals surface area contributed by atoms with Crippen molar-refractivity contribution >= 4 is 28.6 Å². The van der Waals surface area contributed by atoms with E-state index < -0.39 is 0 Å². The van der Waals surface area contributed by atoms with Crippen molar-refractivity contribution in [2.24, 2.45) is 0 Å². The molecule has 2 heterocycles. The number of aromatic nitrogens is 2. The van der Waals surface area contributed by atoms with Crippen molar-refractivity contribution in [3.63, 3.8) is 0 Å². The largest absolute Gasteiger partial charge is 0.398 e. The summed E-state index contributed by atoms with van der Waals surface area (Å²) in [6.07, 6.45) is 3.62. The zero-order valence-corrected chi connectivity index (χ0v) is 10.9. The van der Waals surface area contributed by atoms with Gasteiger partial charge < -0.3 is 5.73 Å². The van der Waals surface area contributed by atoms with E-state index in [9.17, 15) is 0 Å². The lowest BCUT2D eigenvalue weighted by molar-refractivity contribution is 1.09. The number of halogens is 1. The standard InChI is InChI=1S/C13H10ClN3S/c14-13-4-3-12(18-13)10-2-1-8(5-11(10)15)9-6-16-17-7-9/h1-7H,15H2,(H,16,17). The van der Waals surface area contributed by atoms with Gasteiger partial charge in [-0.25, -0.2) is 0 Å². The van der Waals surface area contributed by atoms with Gasteiger partial charge in [0.15, 0.2) is 0 Å². The van der Waals surface area contributed by atoms with E-state index in [2.05, 4.69) is 10.2 Å². The Morgan fingerprint density at radius 2 is 2.06 bits per heavy atom. The Morgan fingerprint density at radius 1 is 1.17 bits per heavy atom. The number of rotatable bonds is 2. The van der Waals surface area contributed by atoms with E-state index in [1.807, 2.05) is 36.5 Å². The first-order chi connectivity index (χ1) is 8.74. The normalized spacial score (nSPS) is 10.7. The predicted octanol–water partition coefficient (Wildman–Crippen LogP) is 4.04. The monoisotopic (exact) mass is 275 g/mol. The maximum absolute atomic E-state index is 6.10. The molecule has 0 aliphatic heterocycles. The van der Waals surface area contributed by atoms with Crippen molar-refractivity contribution in [3.05, 3.63) is 47.1 Å². The van der Waals surface area contributed by atoms with Crippen molar-refractivity contribution in [3.8, 4) is 21.6 Å². The van der Waals surface area contributed by atoms with Gasteiger partial charge in [-0.2, -0.15) is 5.10 Å². The van der Waals surface area contributed by atoms with Crippen molar-refractivity contribution in [2.75, 3.05) is 5.73 Å². The molecule has 1 aromatic carbocycles. The van der Waals surface area contributed by atoms with Crippen LogP contribution in [0.5, 0.6) is 0 Å². The Hall–Kier alpha value is -1.78. The van der Waals surface area contributed by atoms with Gasteiger partial charge in [0.05, 0.1) is 10.5 Å². The van der Waals surface area contributed by atoms with Gasteiger partial charge in [-0.05, 0) is 23.8 Å². The summed E-state index contributed by atoms with van der Waals surface area (Å²) in [6, 6.07) is 9.86. The summed E-state index contributed by atoms with van der Waals surface area (Å²) in [5.74, 6) is 0. The molecule has 3 rings (SSSR count). The van der Waals surface area contributed by atoms with Gasteiger partial charge in [0.1, 0.15) is 0 Å². The fourth-order valence-electron chi connectivity index (χ4n) is 1.83. The van der Waals surface area contributed by atoms with Crippen molar-refractivity contribution in [1.82, 2.24) is 10.2 Å². The Bertz CT molecular complexity index is 673. The first kappa shape index (κ1) is 11.3. The average molecular weight is 276 g/mol. The molecule has 0 aliphatic carbocycles. The van der Waals surface area contributed by atoms with Gasteiger partial charge >= 0.3 is 0 Å². The van der Waals surface area contributed by atoms with Crippen LogP contribution >= 0.6 is 22.9 Å². The summed E-state index contributed by atoms with van der Waals surface area (Å²) >= 11 is 7.47. The number of thiophene rings is 1. The minimum Gasteiger partial charge on any atom is -0.398 e. The number of hydrogen-bond acceptors (Lipinski definition) is 3. The molecule has 0 amide bonds. The SMILES string of the molecule is Nc1cc(-c2cn[nH]c2)ccc1-c1ccc(Cl)s1. The zero-order valence-electron chi connectivity index (χ0n) is 9.35. The van der Waals surface area contributed by atoms with Gasteiger partial charge in [-0.3, -0.25) is 5.10 Å². The number of aromatic amines is 1. The Morgan fingerprint density at radius 3 is 2.67 bits per heavy atom. The molecule has 2 aromatic heterocycles. The van der Waals surface area contributed by atoms with E-state index in [1.165, 1.54) is 11.3 Å². The van der Waals surface area contributed by atoms with Crippen molar-refractivity contribution in [2.45, 2.75) is 0 Å². The Labute approximate surface area is 113 Å². The molecule has 90 valence electrons. The van der Waals surface area contributed by atoms with Gasteiger partial charge in [0.2, 0.25) is 0 Å². The van der Waals surface area contributed by atoms with Gasteiger partial charge in [0, 0.05) is 27.9 Å². The molecule has 5 heteroatoms. The number of H-pyrrole nitrogens is 1. The minimum atomic E-state index is 0.743. The first-order valence-electron chi connectivity index (χ1n) is 5.38. The van der Waals surface area contributed by atoms with Crippen LogP contribution in [0.15, 0.2) is 42.7 Å². The Kier molecular flexibility index (Phi) is 2.81. The highest BCUT2D eigenvalue weighted by atomic mass is 35.5. The highest BCUT2D eigenvalue weighted by Crippen LogP contribution is 2.36. The molecular weight excluding hydrogens is 266 g/mol. The molecule has 0 spiro atoms. The summed E-state index contributed by atoms with van der Waals surface area (Å²) in [5.41, 5.74) is 9.93. The topological polar surface area (TPSA) is 54.7 Å². The number of nitrogens with two attached hydrogens (primary N) is 1. The first-order valence-corrected chi connectivity index (χ1v) is 6.58. The molecule has 3 N–H and O–H groups in total. The van der Waals surface area contributed by atoms with E-state index in [4.69, 9.17) is 17.3 Å². The predicted molar refractivity (Wildman–Crippen MR) is 76.8 cm³/mol. The second-order valence-corrected chi connectivity index (χ2v) is 5.61. The number of nitrogen functional groups attached to an aromatic ring is 1. The number of nitrogens with zero attached hydrogens (tertiary/aromatic N) is 1. The van der Waals surface area contributed by atoms with Gasteiger partial charge in [0.25, 0.3) is 0 Å². The second kappa shape index (κ2) is 4.48. The maximum Gasteiger partial charge on any atom is 0.0934 e. The molecule has 0 saturated heterocycles. The lowest BCUT2D eigenvalue weighted by Gasteiger charge is -2.05. The third-order valence-corrected chi connectivity index (χ3v) is 3.99. The lowest BCUT2D eigenvalue weighted by Crippen LogP contribution is -1.89. The molecule has 0 aliphatic rings. The molecule has 0 unspecified atom stereocenters. The van der Waals surface area contributed by atoms with Crippen LogP contribution in [0, 0.1) is 0 Å². The quantitative estimate of drug-likeness (QED) is 0.694. The van der Waals surface area contributed by atoms with E-state index in [0.29, 0.717) is 0 Å². The third-order valence-electron chi connectivity index (χ3n) is 2.72. The van der Waals surface area contributed by atoms with Crippen LogP contribution in [0.3, 0.4) is 0 Å². The van der Waals surface area contributed by atoms with Crippen LogP contribution in [-0.2, 0) is 0 Å². The number of nitrogens with one attached hydrogen (secondary N) is 1. The van der Waals surface area contributed by atoms with E-state index in [-0.39, 0.29) is 0 Å². The van der Waals surface area contributed by atoms with Crippen molar-refractivity contribution < 1.29 is 0 Å². The van der Waals surface area contributed by atoms with E-state index in [0.717, 1.165) is 31.6 Å². The molecule has 3 aromatic rings. The fraction of sp³-hybridized carbons (Fsp3) is 0. The van der Waals surface area contributed by atoms with Crippen molar-refractivity contribution in [1.29, 1.82) is 0 Å². The smallest absolute Gasteiger partial charge is 0.0934 e. The molecular formula is C13H10ClN3S. The summed E-state index contributed by atoms with van der Waals surface area (Å²) in [6.45, 7) is 0. The number of hydrogen-bond donors (Lipinski definition) is 2. The van der Waals surface area contributed by atoms with Crippen LogP contribution in [0.1, 0.15) is 0 Å². The molecule has 0 atom stereocenters. The highest BCUT2D eigenvalue weighted by Gasteiger charge is 2.07. The average Bonchev–Trinajstić information content (AvgIpc) is 2.99. The number of anilines is 1. The summed E-state index contributed by atoms with van der Waals surface area (Å²) < 4.78 is 0.767. The second-order valence-electron chi connectivity index (χ2n) is 3.89. The zero-order chi connectivity index (χ0) is 12.5. The summed E-state index contributed by atoms with van der Waals surface area (Å²) in [7, 11) is 0. The summed E-state index contributed by atoms with van der Waals surface area (Å²) in [4.78, 5) is 1.08. The molecule has 0 fully saturated rings.